The summed E-state index contributed by atoms with van der Waals surface area (Å²) in [5.41, 5.74) is 0.0352. The summed E-state index contributed by atoms with van der Waals surface area (Å²) in [6.07, 6.45) is 1.07. The lowest BCUT2D eigenvalue weighted by atomic mass is 9.45. The van der Waals surface area contributed by atoms with Gasteiger partial charge in [0.05, 0.1) is 11.9 Å². The van der Waals surface area contributed by atoms with Crippen molar-refractivity contribution in [3.8, 4) is 0 Å². The van der Waals surface area contributed by atoms with Crippen LogP contribution < -0.4 is 10.9 Å². The molecule has 0 spiro atoms. The van der Waals surface area contributed by atoms with Gasteiger partial charge in [-0.1, -0.05) is 20.8 Å². The van der Waals surface area contributed by atoms with Crippen molar-refractivity contribution in [3.05, 3.63) is 21.0 Å². The Morgan fingerprint density at radius 3 is 2.75 bits per heavy atom. The normalized spacial score (nSPS) is 31.9. The molecule has 1 aromatic heterocycles. The predicted octanol–water partition coefficient (Wildman–Crippen LogP) is 3.04. The van der Waals surface area contributed by atoms with E-state index in [0.29, 0.717) is 33.5 Å². The zero-order valence-corrected chi connectivity index (χ0v) is 15.4. The van der Waals surface area contributed by atoms with E-state index in [0.717, 1.165) is 6.42 Å². The number of carbonyl (C=O) groups is 1. The first-order chi connectivity index (χ1) is 11.1. The highest BCUT2D eigenvalue weighted by molar-refractivity contribution is 9.10. The minimum Gasteiger partial charge on any atom is -0.478 e. The van der Waals surface area contributed by atoms with Crippen molar-refractivity contribution in [3.63, 3.8) is 0 Å². The lowest BCUT2D eigenvalue weighted by Gasteiger charge is -2.62. The van der Waals surface area contributed by atoms with E-state index in [1.54, 1.807) is 0 Å². The second-order valence-corrected chi connectivity index (χ2v) is 8.30. The maximum Gasteiger partial charge on any atom is 0.361 e. The molecular formula is C16H21BrFN3O3. The number of carboxylic acid groups (broad SMARTS) is 1. The van der Waals surface area contributed by atoms with Crippen molar-refractivity contribution in [2.24, 2.45) is 23.2 Å². The number of fused-ring (bicyclic) bond motifs is 2. The Morgan fingerprint density at radius 2 is 2.21 bits per heavy atom. The summed E-state index contributed by atoms with van der Waals surface area (Å²) in [5.74, 6) is 0.00123. The number of aromatic nitrogens is 2. The van der Waals surface area contributed by atoms with Crippen molar-refractivity contribution < 1.29 is 14.3 Å². The molecule has 1 heterocycles. The Hall–Kier alpha value is -1.44. The molecule has 0 saturated heterocycles. The number of rotatable bonds is 4. The number of nitrogens with one attached hydrogen (secondary N) is 1. The third-order valence-electron chi connectivity index (χ3n) is 6.06. The zero-order chi connectivity index (χ0) is 17.8. The van der Waals surface area contributed by atoms with E-state index in [1.165, 1.54) is 12.6 Å². The van der Waals surface area contributed by atoms with Gasteiger partial charge in [-0.2, -0.15) is 9.78 Å². The Kier molecular flexibility index (Phi) is 4.22. The van der Waals surface area contributed by atoms with E-state index in [2.05, 4.69) is 47.1 Å². The molecule has 2 N–H and O–H groups in total. The summed E-state index contributed by atoms with van der Waals surface area (Å²) >= 11 is 3.15. The molecule has 4 rings (SSSR count). The molecule has 1 unspecified atom stereocenters. The Morgan fingerprint density at radius 1 is 1.54 bits per heavy atom. The molecular weight excluding hydrogens is 381 g/mol. The molecule has 3 aliphatic carbocycles. The number of alkyl halides is 1. The number of carboxylic acids is 1. The summed E-state index contributed by atoms with van der Waals surface area (Å²) in [4.78, 5) is 22.8. The van der Waals surface area contributed by atoms with Crippen molar-refractivity contribution in [1.82, 2.24) is 9.78 Å². The number of hydrogen-bond donors (Lipinski definition) is 2. The highest BCUT2D eigenvalue weighted by Crippen LogP contribution is 2.61. The SMILES string of the molecule is C[C@@H]1[C@H]2C[C@@H](C[C@H]1Nc1cnn(C(F)C(=O)O)c(=O)c1Br)C2(C)C. The van der Waals surface area contributed by atoms with Crippen LogP contribution in [0.2, 0.25) is 0 Å². The van der Waals surface area contributed by atoms with Crippen molar-refractivity contribution in [1.29, 1.82) is 0 Å². The molecule has 2 bridgehead atoms. The van der Waals surface area contributed by atoms with Gasteiger partial charge in [-0.25, -0.2) is 9.18 Å². The molecule has 0 aliphatic heterocycles. The highest BCUT2D eigenvalue weighted by Gasteiger charge is 2.56. The molecule has 24 heavy (non-hydrogen) atoms. The van der Waals surface area contributed by atoms with Crippen LogP contribution in [0, 0.1) is 23.2 Å². The zero-order valence-electron chi connectivity index (χ0n) is 13.8. The van der Waals surface area contributed by atoms with E-state index in [4.69, 9.17) is 5.11 Å². The lowest BCUT2D eigenvalue weighted by molar-refractivity contribution is -0.147. The van der Waals surface area contributed by atoms with Gasteiger partial charge in [-0.15, -0.1) is 0 Å². The molecule has 3 saturated carbocycles. The second kappa shape index (κ2) is 5.82. The van der Waals surface area contributed by atoms with E-state index < -0.39 is 17.8 Å². The van der Waals surface area contributed by atoms with Crippen molar-refractivity contribution >= 4 is 27.6 Å². The first-order valence-corrected chi connectivity index (χ1v) is 8.84. The molecule has 0 amide bonds. The van der Waals surface area contributed by atoms with Crippen LogP contribution in [0.5, 0.6) is 0 Å². The summed E-state index contributed by atoms with van der Waals surface area (Å²) in [6, 6.07) is 0.218. The summed E-state index contributed by atoms with van der Waals surface area (Å²) in [7, 11) is 0. The lowest BCUT2D eigenvalue weighted by Crippen LogP contribution is -2.58. The number of halogens is 2. The summed E-state index contributed by atoms with van der Waals surface area (Å²) in [6.45, 7) is 6.83. The van der Waals surface area contributed by atoms with Crippen LogP contribution in [0.4, 0.5) is 10.1 Å². The maximum absolute atomic E-state index is 13.6. The Balaban J connectivity index is 1.81. The van der Waals surface area contributed by atoms with Crippen LogP contribution >= 0.6 is 15.9 Å². The van der Waals surface area contributed by atoms with Gasteiger partial charge in [0, 0.05) is 6.04 Å². The molecule has 5 atom stereocenters. The average Bonchev–Trinajstić information content (AvgIpc) is 2.52. The van der Waals surface area contributed by atoms with E-state index in [1.807, 2.05) is 0 Å². The Labute approximate surface area is 147 Å². The molecule has 0 radical (unpaired) electrons. The van der Waals surface area contributed by atoms with Crippen LogP contribution in [0.1, 0.15) is 39.9 Å². The fourth-order valence-corrected chi connectivity index (χ4v) is 4.75. The number of nitrogens with zero attached hydrogens (tertiary/aromatic N) is 2. The molecule has 3 aliphatic rings. The Bertz CT molecular complexity index is 736. The number of anilines is 1. The molecule has 8 heteroatoms. The fraction of sp³-hybridized carbons (Fsp3) is 0.688. The van der Waals surface area contributed by atoms with Gasteiger partial charge in [-0.05, 0) is 51.9 Å². The third kappa shape index (κ3) is 2.55. The fourth-order valence-electron chi connectivity index (χ4n) is 4.35. The maximum atomic E-state index is 13.6. The summed E-state index contributed by atoms with van der Waals surface area (Å²) in [5, 5.41) is 15.7. The predicted molar refractivity (Wildman–Crippen MR) is 90.5 cm³/mol. The van der Waals surface area contributed by atoms with Gasteiger partial charge in [0.25, 0.3) is 11.9 Å². The van der Waals surface area contributed by atoms with E-state index >= 15 is 0 Å². The summed E-state index contributed by atoms with van der Waals surface area (Å²) < 4.78 is 14.0. The largest absolute Gasteiger partial charge is 0.478 e. The first kappa shape index (κ1) is 17.4. The standard InChI is InChI=1S/C16H21BrFN3O3/c1-7-9-4-8(16(9,2)3)5-10(7)20-11-6-19-21(13(18)15(23)24)14(22)12(11)17/h6-10,13,20H,4-5H2,1-3H3,(H,23,24)/t7-,8+,9-,10-,13?/m1/s1. The van der Waals surface area contributed by atoms with E-state index in [-0.39, 0.29) is 10.5 Å². The van der Waals surface area contributed by atoms with E-state index in [9.17, 15) is 14.0 Å². The topological polar surface area (TPSA) is 84.2 Å². The van der Waals surface area contributed by atoms with Crippen LogP contribution in [0.3, 0.4) is 0 Å². The van der Waals surface area contributed by atoms with Gasteiger partial charge >= 0.3 is 5.97 Å². The molecule has 1 aromatic rings. The van der Waals surface area contributed by atoms with Gasteiger partial charge in [0.1, 0.15) is 4.47 Å². The average molecular weight is 402 g/mol. The highest BCUT2D eigenvalue weighted by atomic mass is 79.9. The second-order valence-electron chi connectivity index (χ2n) is 7.50. The van der Waals surface area contributed by atoms with Gasteiger partial charge in [-0.3, -0.25) is 4.79 Å². The van der Waals surface area contributed by atoms with Crippen molar-refractivity contribution in [2.45, 2.75) is 46.0 Å². The monoisotopic (exact) mass is 401 g/mol. The van der Waals surface area contributed by atoms with Crippen LogP contribution in [-0.4, -0.2) is 26.9 Å². The minimum absolute atomic E-state index is 0.104. The van der Waals surface area contributed by atoms with Crippen LogP contribution in [-0.2, 0) is 4.79 Å². The number of hydrogen-bond acceptors (Lipinski definition) is 4. The van der Waals surface area contributed by atoms with Crippen LogP contribution in [0.15, 0.2) is 15.5 Å². The van der Waals surface area contributed by atoms with Gasteiger partial charge < -0.3 is 10.4 Å². The van der Waals surface area contributed by atoms with Crippen LogP contribution in [0.25, 0.3) is 0 Å². The third-order valence-corrected chi connectivity index (χ3v) is 6.82. The number of aliphatic carboxylic acids is 1. The smallest absolute Gasteiger partial charge is 0.361 e. The van der Waals surface area contributed by atoms with Crippen molar-refractivity contribution in [2.75, 3.05) is 5.32 Å². The van der Waals surface area contributed by atoms with Gasteiger partial charge in [0.2, 0.25) is 0 Å². The molecule has 3 fully saturated rings. The molecule has 6 nitrogen and oxygen atoms in total. The first-order valence-electron chi connectivity index (χ1n) is 8.05. The minimum atomic E-state index is -2.50. The van der Waals surface area contributed by atoms with Gasteiger partial charge in [0.15, 0.2) is 0 Å². The molecule has 132 valence electrons. The quantitative estimate of drug-likeness (QED) is 0.809. The molecule has 0 aromatic carbocycles.